The van der Waals surface area contributed by atoms with E-state index in [4.69, 9.17) is 9.26 Å². The highest BCUT2D eigenvalue weighted by Gasteiger charge is 2.19. The number of aromatic nitrogens is 2. The van der Waals surface area contributed by atoms with E-state index in [1.54, 1.807) is 33.1 Å². The molecule has 3 rings (SSSR count). The van der Waals surface area contributed by atoms with Gasteiger partial charge in [-0.05, 0) is 48.6 Å². The highest BCUT2D eigenvalue weighted by atomic mass is 32.2. The van der Waals surface area contributed by atoms with Crippen LogP contribution < -0.4 is 9.46 Å². The second-order valence-electron chi connectivity index (χ2n) is 5.41. The van der Waals surface area contributed by atoms with E-state index in [2.05, 4.69) is 14.9 Å². The van der Waals surface area contributed by atoms with Crippen LogP contribution in [0, 0.1) is 13.8 Å². The van der Waals surface area contributed by atoms with Gasteiger partial charge in [-0.3, -0.25) is 0 Å². The third-order valence-corrected chi connectivity index (χ3v) is 5.81. The van der Waals surface area contributed by atoms with Gasteiger partial charge in [0.15, 0.2) is 5.82 Å². The summed E-state index contributed by atoms with van der Waals surface area (Å²) in [6.45, 7) is 3.55. The number of rotatable bonds is 6. The fourth-order valence-corrected chi connectivity index (χ4v) is 4.25. The molecule has 0 bridgehead atoms. The molecule has 1 N–H and O–H groups in total. The van der Waals surface area contributed by atoms with Crippen molar-refractivity contribution < 1.29 is 17.7 Å². The van der Waals surface area contributed by atoms with Gasteiger partial charge in [-0.25, -0.2) is 13.1 Å². The maximum atomic E-state index is 12.5. The molecule has 25 heavy (non-hydrogen) atoms. The van der Waals surface area contributed by atoms with E-state index >= 15 is 0 Å². The molecule has 0 aliphatic carbocycles. The Morgan fingerprint density at radius 3 is 2.60 bits per heavy atom. The highest BCUT2D eigenvalue weighted by molar-refractivity contribution is 7.89. The molecule has 0 radical (unpaired) electrons. The lowest BCUT2D eigenvalue weighted by Crippen LogP contribution is -2.24. The number of hydrogen-bond acceptors (Lipinski definition) is 7. The average Bonchev–Trinajstić information content (AvgIpc) is 3.24. The summed E-state index contributed by atoms with van der Waals surface area (Å²) >= 11 is 1.47. The van der Waals surface area contributed by atoms with Crippen LogP contribution in [-0.2, 0) is 16.6 Å². The number of ether oxygens (including phenoxy) is 1. The lowest BCUT2D eigenvalue weighted by molar-refractivity contribution is 0.408. The Labute approximate surface area is 149 Å². The highest BCUT2D eigenvalue weighted by Crippen LogP contribution is 2.26. The molecular formula is C16H17N3O4S2. The van der Waals surface area contributed by atoms with E-state index in [0.29, 0.717) is 11.6 Å². The summed E-state index contributed by atoms with van der Waals surface area (Å²) < 4.78 is 37.9. The van der Waals surface area contributed by atoms with Crippen LogP contribution in [0.15, 0.2) is 39.1 Å². The van der Waals surface area contributed by atoms with Gasteiger partial charge in [0, 0.05) is 0 Å². The number of hydrogen-bond donors (Lipinski definition) is 1. The van der Waals surface area contributed by atoms with Crippen molar-refractivity contribution in [1.29, 1.82) is 0 Å². The van der Waals surface area contributed by atoms with Crippen LogP contribution in [-0.4, -0.2) is 25.7 Å². The minimum atomic E-state index is -3.70. The predicted octanol–water partition coefficient (Wildman–Crippen LogP) is 2.90. The smallest absolute Gasteiger partial charge is 0.268 e. The molecule has 7 nitrogen and oxygen atoms in total. The molecule has 2 aromatic heterocycles. The van der Waals surface area contributed by atoms with Crippen molar-refractivity contribution in [2.24, 2.45) is 0 Å². The third kappa shape index (κ3) is 3.73. The zero-order chi connectivity index (χ0) is 18.0. The van der Waals surface area contributed by atoms with Crippen LogP contribution in [0.2, 0.25) is 0 Å². The maximum absolute atomic E-state index is 12.5. The molecule has 0 atom stereocenters. The Hall–Kier alpha value is -2.23. The van der Waals surface area contributed by atoms with Crippen LogP contribution in [0.4, 0.5) is 0 Å². The molecule has 0 unspecified atom stereocenters. The zero-order valence-corrected chi connectivity index (χ0v) is 15.6. The SMILES string of the molecule is COc1c(C)cc(S(=O)(=O)NCc2noc(-c3cccs3)n2)cc1C. The molecule has 9 heteroatoms. The number of benzene rings is 1. The van der Waals surface area contributed by atoms with Crippen molar-refractivity contribution in [2.75, 3.05) is 7.11 Å². The monoisotopic (exact) mass is 379 g/mol. The van der Waals surface area contributed by atoms with Crippen molar-refractivity contribution in [3.05, 3.63) is 46.6 Å². The molecule has 0 aliphatic rings. The average molecular weight is 379 g/mol. The fraction of sp³-hybridized carbons (Fsp3) is 0.250. The minimum absolute atomic E-state index is 0.0542. The van der Waals surface area contributed by atoms with Crippen LogP contribution in [0.1, 0.15) is 17.0 Å². The van der Waals surface area contributed by atoms with Crippen molar-refractivity contribution >= 4 is 21.4 Å². The Bertz CT molecular complexity index is 956. The number of sulfonamides is 1. The summed E-state index contributed by atoms with van der Waals surface area (Å²) in [5, 5.41) is 5.70. The molecule has 1 aromatic carbocycles. The second-order valence-corrected chi connectivity index (χ2v) is 8.12. The van der Waals surface area contributed by atoms with E-state index in [0.717, 1.165) is 16.0 Å². The number of thiophene rings is 1. The summed E-state index contributed by atoms with van der Waals surface area (Å²) in [4.78, 5) is 5.21. The second kappa shape index (κ2) is 6.95. The lowest BCUT2D eigenvalue weighted by Gasteiger charge is -2.12. The van der Waals surface area contributed by atoms with Crippen LogP contribution in [0.25, 0.3) is 10.8 Å². The fourth-order valence-electron chi connectivity index (χ4n) is 2.46. The quantitative estimate of drug-likeness (QED) is 0.708. The summed E-state index contributed by atoms with van der Waals surface area (Å²) in [5.41, 5.74) is 1.50. The summed E-state index contributed by atoms with van der Waals surface area (Å²) in [6.07, 6.45) is 0. The van der Waals surface area contributed by atoms with Crippen molar-refractivity contribution in [2.45, 2.75) is 25.3 Å². The van der Waals surface area contributed by atoms with Crippen LogP contribution in [0.3, 0.4) is 0 Å². The van der Waals surface area contributed by atoms with Crippen molar-refractivity contribution in [1.82, 2.24) is 14.9 Å². The van der Waals surface area contributed by atoms with Gasteiger partial charge < -0.3 is 9.26 Å². The van der Waals surface area contributed by atoms with E-state index in [1.165, 1.54) is 11.3 Å². The molecular weight excluding hydrogens is 362 g/mol. The van der Waals surface area contributed by atoms with Crippen LogP contribution >= 0.6 is 11.3 Å². The molecule has 0 saturated carbocycles. The van der Waals surface area contributed by atoms with Gasteiger partial charge in [0.25, 0.3) is 5.89 Å². The molecule has 132 valence electrons. The van der Waals surface area contributed by atoms with E-state index in [-0.39, 0.29) is 17.3 Å². The first-order valence-corrected chi connectivity index (χ1v) is 9.78. The topological polar surface area (TPSA) is 94.3 Å². The van der Waals surface area contributed by atoms with E-state index in [1.807, 2.05) is 17.5 Å². The number of nitrogens with one attached hydrogen (secondary N) is 1. The normalized spacial score (nSPS) is 11.6. The third-order valence-electron chi connectivity index (χ3n) is 3.57. The van der Waals surface area contributed by atoms with Crippen molar-refractivity contribution in [3.63, 3.8) is 0 Å². The van der Waals surface area contributed by atoms with E-state index in [9.17, 15) is 8.42 Å². The Morgan fingerprint density at radius 1 is 1.28 bits per heavy atom. The van der Waals surface area contributed by atoms with Gasteiger partial charge in [-0.15, -0.1) is 11.3 Å². The summed E-state index contributed by atoms with van der Waals surface area (Å²) in [7, 11) is -2.14. The van der Waals surface area contributed by atoms with Crippen LogP contribution in [0.5, 0.6) is 5.75 Å². The number of aryl methyl sites for hydroxylation is 2. The molecule has 2 heterocycles. The molecule has 0 aliphatic heterocycles. The largest absolute Gasteiger partial charge is 0.496 e. The Kier molecular flexibility index (Phi) is 4.89. The first-order valence-electron chi connectivity index (χ1n) is 7.42. The molecule has 3 aromatic rings. The lowest BCUT2D eigenvalue weighted by atomic mass is 10.1. The van der Waals surface area contributed by atoms with Crippen molar-refractivity contribution in [3.8, 4) is 16.5 Å². The van der Waals surface area contributed by atoms with Gasteiger partial charge in [0.1, 0.15) is 5.75 Å². The van der Waals surface area contributed by atoms with Gasteiger partial charge in [0.2, 0.25) is 10.0 Å². The van der Waals surface area contributed by atoms with Gasteiger partial charge in [0.05, 0.1) is 23.4 Å². The first kappa shape index (κ1) is 17.6. The Morgan fingerprint density at radius 2 is 2.00 bits per heavy atom. The van der Waals surface area contributed by atoms with E-state index < -0.39 is 10.0 Å². The maximum Gasteiger partial charge on any atom is 0.268 e. The molecule has 0 fully saturated rings. The number of nitrogens with zero attached hydrogens (tertiary/aromatic N) is 2. The molecule has 0 spiro atoms. The first-order chi connectivity index (χ1) is 11.9. The Balaban J connectivity index is 1.76. The van der Waals surface area contributed by atoms with Gasteiger partial charge in [-0.2, -0.15) is 4.98 Å². The number of methoxy groups -OCH3 is 1. The minimum Gasteiger partial charge on any atom is -0.496 e. The van der Waals surface area contributed by atoms with Gasteiger partial charge in [-0.1, -0.05) is 11.2 Å². The summed E-state index contributed by atoms with van der Waals surface area (Å²) in [6, 6.07) is 6.87. The standard InChI is InChI=1S/C16H17N3O4S2/c1-10-7-12(8-11(2)15(10)22-3)25(20,21)17-9-14-18-16(23-19-14)13-5-4-6-24-13/h4-8,17H,9H2,1-3H3. The summed E-state index contributed by atoms with van der Waals surface area (Å²) in [5.74, 6) is 1.33. The predicted molar refractivity (Wildman–Crippen MR) is 94.1 cm³/mol. The zero-order valence-electron chi connectivity index (χ0n) is 13.9. The molecule has 0 saturated heterocycles. The van der Waals surface area contributed by atoms with Gasteiger partial charge >= 0.3 is 0 Å². The molecule has 0 amide bonds.